The standard InChI is InChI=1S/C23H35NO7SSi/c1-15(2)17(25)23-18(30-33(7,8)21(3,4)5)22(6,19(26)24(23)14-28-20(23)27)32-31-29-16-12-10-9-11-13-16/h9-13,15,17-18,25H,14H2,1-8H3/t17-,18-,22+,23?/m0/s1. The van der Waals surface area contributed by atoms with E-state index in [0.29, 0.717) is 5.75 Å². The molecule has 4 atom stereocenters. The van der Waals surface area contributed by atoms with Gasteiger partial charge in [-0.05, 0) is 43.1 Å². The minimum absolute atomic E-state index is 0.205. The fraction of sp³-hybridized carbons (Fsp3) is 0.652. The molecule has 1 amide bonds. The first-order chi connectivity index (χ1) is 15.2. The molecule has 1 N–H and O–H groups in total. The molecule has 2 fully saturated rings. The van der Waals surface area contributed by atoms with Crippen LogP contribution in [0.4, 0.5) is 0 Å². The van der Waals surface area contributed by atoms with Gasteiger partial charge in [0.05, 0.1) is 18.1 Å². The average Bonchev–Trinajstić information content (AvgIpc) is 3.15. The lowest BCUT2D eigenvalue weighted by Crippen LogP contribution is -2.66. The minimum atomic E-state index is -2.52. The zero-order valence-electron chi connectivity index (χ0n) is 20.6. The lowest BCUT2D eigenvalue weighted by Gasteiger charge is -2.46. The number of aliphatic hydroxyl groups is 1. The first kappa shape index (κ1) is 26.0. The van der Waals surface area contributed by atoms with Crippen LogP contribution in [0.3, 0.4) is 0 Å². The summed E-state index contributed by atoms with van der Waals surface area (Å²) in [4.78, 5) is 33.7. The molecule has 2 saturated heterocycles. The van der Waals surface area contributed by atoms with E-state index in [0.717, 1.165) is 12.0 Å². The van der Waals surface area contributed by atoms with Crippen molar-refractivity contribution in [2.45, 2.75) is 82.2 Å². The number of fused-ring (bicyclic) bond motifs is 1. The second-order valence-corrected chi connectivity index (χ2v) is 16.6. The van der Waals surface area contributed by atoms with Crippen LogP contribution in [0, 0.1) is 5.92 Å². The maximum atomic E-state index is 13.7. The van der Waals surface area contributed by atoms with E-state index in [1.54, 1.807) is 45.0 Å². The molecule has 33 heavy (non-hydrogen) atoms. The molecule has 0 bridgehead atoms. The number of benzene rings is 1. The molecule has 1 aromatic rings. The Balaban J connectivity index is 2.05. The number of aliphatic hydroxyl groups excluding tert-OH is 1. The Hall–Kier alpha value is -1.59. The summed E-state index contributed by atoms with van der Waals surface area (Å²) in [7, 11) is -2.52. The zero-order valence-corrected chi connectivity index (χ0v) is 22.4. The SMILES string of the molecule is CC(C)[C@H](O)C12C(=O)OCN1C(=O)[C@](C)(SOOc1ccccc1)[C@@H]2O[Si](C)(C)C(C)(C)C. The normalized spacial score (nSPS) is 28.8. The Labute approximate surface area is 201 Å². The average molecular weight is 498 g/mol. The fourth-order valence-electron chi connectivity index (χ4n) is 4.03. The van der Waals surface area contributed by atoms with Crippen molar-refractivity contribution >= 4 is 32.2 Å². The third-order valence-corrected chi connectivity index (χ3v) is 12.4. The van der Waals surface area contributed by atoms with Crippen LogP contribution < -0.4 is 4.89 Å². The van der Waals surface area contributed by atoms with Gasteiger partial charge in [-0.3, -0.25) is 9.69 Å². The summed E-state index contributed by atoms with van der Waals surface area (Å²) in [5, 5.41) is 11.1. The monoisotopic (exact) mass is 497 g/mol. The van der Waals surface area contributed by atoms with Gasteiger partial charge in [0.15, 0.2) is 26.3 Å². The number of esters is 1. The zero-order chi connectivity index (χ0) is 24.8. The van der Waals surface area contributed by atoms with Crippen LogP contribution in [-0.4, -0.2) is 59.4 Å². The summed E-state index contributed by atoms with van der Waals surface area (Å²) in [6.07, 6.45) is -2.21. The van der Waals surface area contributed by atoms with Gasteiger partial charge in [0.2, 0.25) is 5.91 Å². The summed E-state index contributed by atoms with van der Waals surface area (Å²) in [6.45, 7) is 15.3. The first-order valence-corrected chi connectivity index (χ1v) is 14.8. The molecule has 0 spiro atoms. The van der Waals surface area contributed by atoms with Gasteiger partial charge in [-0.2, -0.15) is 0 Å². The molecule has 0 aliphatic carbocycles. The summed E-state index contributed by atoms with van der Waals surface area (Å²) >= 11 is 0.800. The highest BCUT2D eigenvalue weighted by Crippen LogP contribution is 2.54. The molecular weight excluding hydrogens is 462 g/mol. The molecule has 0 saturated carbocycles. The van der Waals surface area contributed by atoms with Crippen LogP contribution in [-0.2, 0) is 23.1 Å². The summed E-state index contributed by atoms with van der Waals surface area (Å²) in [5.74, 6) is -0.921. The van der Waals surface area contributed by atoms with Crippen LogP contribution in [0.2, 0.25) is 18.1 Å². The van der Waals surface area contributed by atoms with Gasteiger partial charge in [-0.25, -0.2) is 4.79 Å². The highest BCUT2D eigenvalue weighted by Gasteiger charge is 2.77. The number of hydrogen-bond acceptors (Lipinski definition) is 8. The lowest BCUT2D eigenvalue weighted by molar-refractivity contribution is -0.154. The van der Waals surface area contributed by atoms with E-state index in [-0.39, 0.29) is 17.7 Å². The topological polar surface area (TPSA) is 94.5 Å². The van der Waals surface area contributed by atoms with Gasteiger partial charge in [-0.1, -0.05) is 52.8 Å². The van der Waals surface area contributed by atoms with E-state index < -0.39 is 42.7 Å². The van der Waals surface area contributed by atoms with Gasteiger partial charge in [0, 0.05) is 0 Å². The quantitative estimate of drug-likeness (QED) is 0.190. The third-order valence-electron chi connectivity index (χ3n) is 7.05. The van der Waals surface area contributed by atoms with Crippen molar-refractivity contribution in [1.29, 1.82) is 0 Å². The summed E-state index contributed by atoms with van der Waals surface area (Å²) in [5.41, 5.74) is -1.67. The third kappa shape index (κ3) is 4.20. The van der Waals surface area contributed by atoms with Crippen LogP contribution in [0.25, 0.3) is 0 Å². The number of cyclic esters (lactones) is 1. The molecule has 0 radical (unpaired) electrons. The second kappa shape index (κ2) is 8.88. The van der Waals surface area contributed by atoms with E-state index in [1.165, 1.54) is 4.90 Å². The number of rotatable bonds is 8. The number of ether oxygens (including phenoxy) is 1. The van der Waals surface area contributed by atoms with E-state index in [2.05, 4.69) is 20.8 Å². The molecule has 1 unspecified atom stereocenters. The molecule has 1 aromatic carbocycles. The van der Waals surface area contributed by atoms with Crippen LogP contribution in [0.15, 0.2) is 30.3 Å². The van der Waals surface area contributed by atoms with Crippen molar-refractivity contribution in [3.8, 4) is 5.75 Å². The van der Waals surface area contributed by atoms with Crippen molar-refractivity contribution in [1.82, 2.24) is 4.90 Å². The number of amides is 1. The molecule has 2 heterocycles. The van der Waals surface area contributed by atoms with Crippen molar-refractivity contribution in [3.05, 3.63) is 30.3 Å². The van der Waals surface area contributed by atoms with Gasteiger partial charge < -0.3 is 19.2 Å². The van der Waals surface area contributed by atoms with Crippen molar-refractivity contribution in [2.24, 2.45) is 5.92 Å². The fourth-order valence-corrected chi connectivity index (χ4v) is 6.22. The van der Waals surface area contributed by atoms with E-state index >= 15 is 0 Å². The number of hydrogen-bond donors (Lipinski definition) is 1. The molecule has 10 heteroatoms. The maximum absolute atomic E-state index is 13.7. The predicted molar refractivity (Wildman–Crippen MR) is 128 cm³/mol. The van der Waals surface area contributed by atoms with E-state index in [1.807, 2.05) is 19.2 Å². The van der Waals surface area contributed by atoms with Crippen LogP contribution >= 0.6 is 12.0 Å². The number of carbonyl (C=O) groups is 2. The Kier molecular flexibility index (Phi) is 7.00. The Morgan fingerprint density at radius 1 is 1.21 bits per heavy atom. The van der Waals surface area contributed by atoms with Crippen molar-refractivity contribution in [3.63, 3.8) is 0 Å². The molecule has 8 nitrogen and oxygen atoms in total. The molecular formula is C23H35NO7SSi. The Bertz CT molecular complexity index is 891. The lowest BCUT2D eigenvalue weighted by atomic mass is 9.79. The maximum Gasteiger partial charge on any atom is 0.339 e. The van der Waals surface area contributed by atoms with Gasteiger partial charge in [-0.15, -0.1) is 4.33 Å². The van der Waals surface area contributed by atoms with E-state index in [4.69, 9.17) is 18.4 Å². The van der Waals surface area contributed by atoms with Crippen molar-refractivity contribution in [2.75, 3.05) is 6.73 Å². The molecule has 2 aliphatic rings. The minimum Gasteiger partial charge on any atom is -0.442 e. The van der Waals surface area contributed by atoms with E-state index in [9.17, 15) is 14.7 Å². The highest BCUT2D eigenvalue weighted by atomic mass is 32.2. The number of para-hydroxylation sites is 1. The summed E-state index contributed by atoms with van der Waals surface area (Å²) in [6, 6.07) is 8.90. The molecule has 184 valence electrons. The highest BCUT2D eigenvalue weighted by molar-refractivity contribution is 7.96. The number of carbonyl (C=O) groups excluding carboxylic acids is 2. The van der Waals surface area contributed by atoms with Crippen LogP contribution in [0.5, 0.6) is 5.75 Å². The predicted octanol–water partition coefficient (Wildman–Crippen LogP) is 3.91. The number of nitrogens with zero attached hydrogens (tertiary/aromatic N) is 1. The van der Waals surface area contributed by atoms with Gasteiger partial charge in [0.1, 0.15) is 10.9 Å². The molecule has 2 aliphatic heterocycles. The smallest absolute Gasteiger partial charge is 0.339 e. The largest absolute Gasteiger partial charge is 0.442 e. The van der Waals surface area contributed by atoms with Gasteiger partial charge >= 0.3 is 5.97 Å². The molecule has 3 rings (SSSR count). The van der Waals surface area contributed by atoms with Crippen molar-refractivity contribution < 1.29 is 33.1 Å². The van der Waals surface area contributed by atoms with Gasteiger partial charge in [0.25, 0.3) is 0 Å². The van der Waals surface area contributed by atoms with Crippen LogP contribution in [0.1, 0.15) is 41.5 Å². The second-order valence-electron chi connectivity index (χ2n) is 10.7. The molecule has 0 aromatic heterocycles. The summed E-state index contributed by atoms with van der Waals surface area (Å²) < 4.78 is 16.2. The Morgan fingerprint density at radius 2 is 1.82 bits per heavy atom. The Morgan fingerprint density at radius 3 is 2.36 bits per heavy atom. The first-order valence-electron chi connectivity index (χ1n) is 11.1.